The highest BCUT2D eigenvalue weighted by molar-refractivity contribution is 9.10. The Morgan fingerprint density at radius 1 is 1.22 bits per heavy atom. The van der Waals surface area contributed by atoms with E-state index in [9.17, 15) is 9.59 Å². The van der Waals surface area contributed by atoms with Gasteiger partial charge in [-0.05, 0) is 30.7 Å². The highest BCUT2D eigenvalue weighted by Gasteiger charge is 2.26. The van der Waals surface area contributed by atoms with Crippen LogP contribution in [0.25, 0.3) is 10.9 Å². The standard InChI is InChI=1S/C20H20BrN3O2S/c1-4-24-18(25)15-12-14(21)10-11-16(15)22-20(24)27-17(19(26)23(2)3)13-8-6-5-7-9-13/h5-12,17H,4H2,1-3H3/t17-/m1/s1. The van der Waals surface area contributed by atoms with Crippen molar-refractivity contribution < 1.29 is 4.79 Å². The summed E-state index contributed by atoms with van der Waals surface area (Å²) in [5.74, 6) is -0.0426. The second kappa shape index (κ2) is 8.27. The maximum Gasteiger partial charge on any atom is 0.262 e. The number of benzene rings is 2. The highest BCUT2D eigenvalue weighted by Crippen LogP contribution is 2.35. The molecule has 5 nitrogen and oxygen atoms in total. The number of thioether (sulfide) groups is 1. The Hall–Kier alpha value is -2.12. The molecule has 27 heavy (non-hydrogen) atoms. The minimum atomic E-state index is -0.473. The second-order valence-electron chi connectivity index (χ2n) is 6.25. The lowest BCUT2D eigenvalue weighted by molar-refractivity contribution is -0.128. The van der Waals surface area contributed by atoms with Crippen LogP contribution in [0.5, 0.6) is 0 Å². The van der Waals surface area contributed by atoms with Gasteiger partial charge in [0.1, 0.15) is 5.25 Å². The van der Waals surface area contributed by atoms with Gasteiger partial charge in [0.25, 0.3) is 5.56 Å². The monoisotopic (exact) mass is 445 g/mol. The summed E-state index contributed by atoms with van der Waals surface area (Å²) in [4.78, 5) is 32.0. The number of halogens is 1. The molecule has 0 bridgehead atoms. The van der Waals surface area contributed by atoms with Crippen molar-refractivity contribution in [3.05, 3.63) is 68.9 Å². The second-order valence-corrected chi connectivity index (χ2v) is 8.23. The number of amides is 1. The first-order valence-corrected chi connectivity index (χ1v) is 10.2. The lowest BCUT2D eigenvalue weighted by Crippen LogP contribution is -2.28. The minimum absolute atomic E-state index is 0.0426. The van der Waals surface area contributed by atoms with Crippen LogP contribution < -0.4 is 5.56 Å². The molecule has 1 atom stereocenters. The summed E-state index contributed by atoms with van der Waals surface area (Å²) in [6.45, 7) is 2.39. The smallest absolute Gasteiger partial charge is 0.262 e. The van der Waals surface area contributed by atoms with E-state index in [1.807, 2.05) is 49.4 Å². The summed E-state index contributed by atoms with van der Waals surface area (Å²) in [5, 5.41) is 0.631. The summed E-state index contributed by atoms with van der Waals surface area (Å²) in [7, 11) is 3.47. The van der Waals surface area contributed by atoms with E-state index in [-0.39, 0.29) is 11.5 Å². The van der Waals surface area contributed by atoms with Crippen LogP contribution in [0.15, 0.2) is 63.0 Å². The molecule has 0 fully saturated rings. The predicted molar refractivity (Wildman–Crippen MR) is 113 cm³/mol. The number of nitrogens with zero attached hydrogens (tertiary/aromatic N) is 3. The number of likely N-dealkylation sites (N-methyl/N-ethyl adjacent to an activating group) is 1. The molecule has 1 amide bonds. The fourth-order valence-electron chi connectivity index (χ4n) is 2.77. The molecule has 1 heterocycles. The van der Waals surface area contributed by atoms with Gasteiger partial charge in [0.2, 0.25) is 5.91 Å². The lowest BCUT2D eigenvalue weighted by atomic mass is 10.1. The first kappa shape index (κ1) is 19.6. The molecular formula is C20H20BrN3O2S. The molecule has 0 aliphatic rings. The van der Waals surface area contributed by atoms with Gasteiger partial charge in [-0.2, -0.15) is 0 Å². The Morgan fingerprint density at radius 3 is 2.56 bits per heavy atom. The van der Waals surface area contributed by atoms with Crippen LogP contribution >= 0.6 is 27.7 Å². The molecule has 3 aromatic rings. The molecule has 0 saturated heterocycles. The van der Waals surface area contributed by atoms with Crippen LogP contribution in [-0.4, -0.2) is 34.5 Å². The van der Waals surface area contributed by atoms with Gasteiger partial charge >= 0.3 is 0 Å². The summed E-state index contributed by atoms with van der Waals surface area (Å²) < 4.78 is 2.46. The van der Waals surface area contributed by atoms with Gasteiger partial charge in [-0.3, -0.25) is 14.2 Å². The zero-order valence-corrected chi connectivity index (χ0v) is 17.8. The van der Waals surface area contributed by atoms with E-state index in [2.05, 4.69) is 20.9 Å². The third kappa shape index (κ3) is 4.09. The van der Waals surface area contributed by atoms with Crippen molar-refractivity contribution >= 4 is 44.5 Å². The van der Waals surface area contributed by atoms with Crippen LogP contribution in [0, 0.1) is 0 Å². The molecule has 140 valence electrons. The van der Waals surface area contributed by atoms with Gasteiger partial charge in [0.05, 0.1) is 10.9 Å². The topological polar surface area (TPSA) is 55.2 Å². The summed E-state index contributed by atoms with van der Waals surface area (Å²) >= 11 is 4.72. The fourth-order valence-corrected chi connectivity index (χ4v) is 4.44. The van der Waals surface area contributed by atoms with Crippen LogP contribution in [0.3, 0.4) is 0 Å². The molecular weight excluding hydrogens is 426 g/mol. The van der Waals surface area contributed by atoms with Crippen molar-refractivity contribution in [1.29, 1.82) is 0 Å². The molecule has 0 saturated carbocycles. The molecule has 7 heteroatoms. The Balaban J connectivity index is 2.13. The average Bonchev–Trinajstić information content (AvgIpc) is 2.67. The Morgan fingerprint density at radius 2 is 1.93 bits per heavy atom. The van der Waals surface area contributed by atoms with Gasteiger partial charge in [-0.1, -0.05) is 58.0 Å². The van der Waals surface area contributed by atoms with Crippen molar-refractivity contribution in [3.63, 3.8) is 0 Å². The number of fused-ring (bicyclic) bond motifs is 1. The van der Waals surface area contributed by atoms with Crippen molar-refractivity contribution in [2.45, 2.75) is 23.9 Å². The van der Waals surface area contributed by atoms with Gasteiger partial charge in [0, 0.05) is 25.1 Å². The Bertz CT molecular complexity index is 1030. The molecule has 0 unspecified atom stereocenters. The number of aromatic nitrogens is 2. The molecule has 1 aromatic heterocycles. The van der Waals surface area contributed by atoms with E-state index in [0.29, 0.717) is 22.6 Å². The highest BCUT2D eigenvalue weighted by atomic mass is 79.9. The largest absolute Gasteiger partial charge is 0.348 e. The SMILES string of the molecule is CCn1c(S[C@@H](C(=O)N(C)C)c2ccccc2)nc2ccc(Br)cc2c1=O. The maximum absolute atomic E-state index is 12.9. The minimum Gasteiger partial charge on any atom is -0.348 e. The van der Waals surface area contributed by atoms with Gasteiger partial charge < -0.3 is 4.90 Å². The van der Waals surface area contributed by atoms with Crippen LogP contribution in [0.4, 0.5) is 0 Å². The van der Waals surface area contributed by atoms with Crippen molar-refractivity contribution in [3.8, 4) is 0 Å². The number of rotatable bonds is 5. The maximum atomic E-state index is 12.9. The first-order valence-electron chi connectivity index (χ1n) is 8.55. The molecule has 0 aliphatic carbocycles. The van der Waals surface area contributed by atoms with Gasteiger partial charge in [-0.15, -0.1) is 0 Å². The quantitative estimate of drug-likeness (QED) is 0.438. The number of hydrogen-bond donors (Lipinski definition) is 0. The summed E-state index contributed by atoms with van der Waals surface area (Å²) in [6.07, 6.45) is 0. The van der Waals surface area contributed by atoms with E-state index >= 15 is 0 Å². The molecule has 0 radical (unpaired) electrons. The number of carbonyl (C=O) groups is 1. The molecule has 0 spiro atoms. The van der Waals surface area contributed by atoms with Crippen LogP contribution in [0.2, 0.25) is 0 Å². The number of carbonyl (C=O) groups excluding carboxylic acids is 1. The summed E-state index contributed by atoms with van der Waals surface area (Å²) in [6, 6.07) is 15.0. The van der Waals surface area contributed by atoms with Crippen LogP contribution in [0.1, 0.15) is 17.7 Å². The first-order chi connectivity index (χ1) is 12.9. The van der Waals surface area contributed by atoms with E-state index in [1.165, 1.54) is 11.8 Å². The van der Waals surface area contributed by atoms with E-state index in [4.69, 9.17) is 0 Å². The van der Waals surface area contributed by atoms with Crippen LogP contribution in [-0.2, 0) is 11.3 Å². The lowest BCUT2D eigenvalue weighted by Gasteiger charge is -2.21. The number of hydrogen-bond acceptors (Lipinski definition) is 4. The van der Waals surface area contributed by atoms with Crippen molar-refractivity contribution in [1.82, 2.24) is 14.5 Å². The normalized spacial score (nSPS) is 12.1. The predicted octanol–water partition coefficient (Wildman–Crippen LogP) is 4.10. The third-order valence-electron chi connectivity index (χ3n) is 4.19. The van der Waals surface area contributed by atoms with Gasteiger partial charge in [0.15, 0.2) is 5.16 Å². The van der Waals surface area contributed by atoms with Crippen molar-refractivity contribution in [2.75, 3.05) is 14.1 Å². The molecule has 0 aliphatic heterocycles. The average molecular weight is 446 g/mol. The van der Waals surface area contributed by atoms with E-state index in [1.54, 1.807) is 29.6 Å². The molecule has 2 aromatic carbocycles. The Labute approximate surface area is 170 Å². The van der Waals surface area contributed by atoms with E-state index in [0.717, 1.165) is 10.0 Å². The van der Waals surface area contributed by atoms with Crippen molar-refractivity contribution in [2.24, 2.45) is 0 Å². The van der Waals surface area contributed by atoms with E-state index < -0.39 is 5.25 Å². The Kier molecular flexibility index (Phi) is 6.01. The third-order valence-corrected chi connectivity index (χ3v) is 5.91. The zero-order valence-electron chi connectivity index (χ0n) is 15.3. The zero-order chi connectivity index (χ0) is 19.6. The molecule has 3 rings (SSSR count). The van der Waals surface area contributed by atoms with Gasteiger partial charge in [-0.25, -0.2) is 4.98 Å². The summed E-state index contributed by atoms with van der Waals surface area (Å²) in [5.41, 5.74) is 1.41. The fraction of sp³-hybridized carbons (Fsp3) is 0.250. The molecule has 0 N–H and O–H groups in total.